The summed E-state index contributed by atoms with van der Waals surface area (Å²) >= 11 is 0. The molecule has 0 saturated carbocycles. The average Bonchev–Trinajstić information content (AvgIpc) is 2.38. The van der Waals surface area contributed by atoms with Gasteiger partial charge in [-0.15, -0.1) is 0 Å². The number of hydrogen-bond acceptors (Lipinski definition) is 8. The monoisotopic (exact) mass is 320 g/mol. The van der Waals surface area contributed by atoms with Crippen molar-refractivity contribution in [2.75, 3.05) is 19.8 Å². The van der Waals surface area contributed by atoms with Crippen LogP contribution >= 0.6 is 0 Å². The highest BCUT2D eigenvalue weighted by molar-refractivity contribution is 5.67. The lowest BCUT2D eigenvalue weighted by Crippen LogP contribution is -2.40. The second kappa shape index (κ2) is 11.0. The summed E-state index contributed by atoms with van der Waals surface area (Å²) in [4.78, 5) is 32.9. The summed E-state index contributed by atoms with van der Waals surface area (Å²) in [6, 6.07) is 0. The Hall–Kier alpha value is -1.67. The topological polar surface area (TPSA) is 97.4 Å². The lowest BCUT2D eigenvalue weighted by molar-refractivity contribution is -0.224. The van der Waals surface area contributed by atoms with Gasteiger partial charge < -0.3 is 23.7 Å². The van der Waals surface area contributed by atoms with Crippen molar-refractivity contribution in [2.24, 2.45) is 0 Å². The van der Waals surface area contributed by atoms with Crippen LogP contribution in [-0.4, -0.2) is 56.2 Å². The van der Waals surface area contributed by atoms with Crippen molar-refractivity contribution in [1.29, 1.82) is 0 Å². The summed E-state index contributed by atoms with van der Waals surface area (Å²) in [5.41, 5.74) is 0. The number of esters is 3. The normalized spacial score (nSPS) is 14.6. The van der Waals surface area contributed by atoms with Crippen molar-refractivity contribution in [3.05, 3.63) is 0 Å². The molecule has 0 saturated heterocycles. The number of hydrogen-bond donors (Lipinski definition) is 0. The number of carbonyl (C=O) groups is 3. The molecule has 0 fully saturated rings. The van der Waals surface area contributed by atoms with Crippen molar-refractivity contribution in [1.82, 2.24) is 0 Å². The van der Waals surface area contributed by atoms with Crippen molar-refractivity contribution in [2.45, 2.75) is 53.1 Å². The van der Waals surface area contributed by atoms with Gasteiger partial charge in [-0.25, -0.2) is 0 Å². The second-order valence-corrected chi connectivity index (χ2v) is 4.53. The van der Waals surface area contributed by atoms with Crippen molar-refractivity contribution >= 4 is 17.9 Å². The SMILES string of the molecule is CCOC(OC[C@H](C)OC(C)=O)[C@H](COC(C)=O)OC(C)=O. The molecule has 22 heavy (non-hydrogen) atoms. The van der Waals surface area contributed by atoms with E-state index in [4.69, 9.17) is 23.7 Å². The highest BCUT2D eigenvalue weighted by Gasteiger charge is 2.28. The van der Waals surface area contributed by atoms with E-state index in [1.54, 1.807) is 13.8 Å². The maximum absolute atomic E-state index is 11.1. The van der Waals surface area contributed by atoms with E-state index >= 15 is 0 Å². The van der Waals surface area contributed by atoms with E-state index in [-0.39, 0.29) is 13.2 Å². The third-order valence-electron chi connectivity index (χ3n) is 2.27. The predicted octanol–water partition coefficient (Wildman–Crippen LogP) is 0.812. The molecule has 128 valence electrons. The third-order valence-corrected chi connectivity index (χ3v) is 2.27. The van der Waals surface area contributed by atoms with Crippen LogP contribution in [0.4, 0.5) is 0 Å². The van der Waals surface area contributed by atoms with E-state index in [1.165, 1.54) is 20.8 Å². The summed E-state index contributed by atoms with van der Waals surface area (Å²) < 4.78 is 25.7. The second-order valence-electron chi connectivity index (χ2n) is 4.53. The van der Waals surface area contributed by atoms with E-state index in [1.807, 2.05) is 0 Å². The Balaban J connectivity index is 4.67. The number of carbonyl (C=O) groups excluding carboxylic acids is 3. The van der Waals surface area contributed by atoms with Crippen LogP contribution in [0.2, 0.25) is 0 Å². The van der Waals surface area contributed by atoms with Gasteiger partial charge >= 0.3 is 17.9 Å². The summed E-state index contributed by atoms with van der Waals surface area (Å²) in [6.07, 6.45) is -2.34. The molecule has 0 rings (SSSR count). The molecule has 0 heterocycles. The van der Waals surface area contributed by atoms with Crippen LogP contribution in [0, 0.1) is 0 Å². The Morgan fingerprint density at radius 1 is 0.864 bits per heavy atom. The zero-order valence-electron chi connectivity index (χ0n) is 13.6. The van der Waals surface area contributed by atoms with E-state index in [0.29, 0.717) is 6.61 Å². The molecule has 0 bridgehead atoms. The van der Waals surface area contributed by atoms with Crippen molar-refractivity contribution in [3.63, 3.8) is 0 Å². The summed E-state index contributed by atoms with van der Waals surface area (Å²) in [6.45, 7) is 7.29. The Labute approximate surface area is 130 Å². The van der Waals surface area contributed by atoms with Gasteiger partial charge in [0.25, 0.3) is 0 Å². The minimum absolute atomic E-state index is 0.0437. The molecule has 8 heteroatoms. The smallest absolute Gasteiger partial charge is 0.303 e. The van der Waals surface area contributed by atoms with Crippen LogP contribution in [-0.2, 0) is 38.1 Å². The molecule has 0 aliphatic heterocycles. The molecule has 0 aromatic carbocycles. The molecule has 0 aliphatic rings. The van der Waals surface area contributed by atoms with Gasteiger partial charge in [0.2, 0.25) is 0 Å². The van der Waals surface area contributed by atoms with Gasteiger partial charge in [0.15, 0.2) is 12.4 Å². The molecule has 0 spiro atoms. The van der Waals surface area contributed by atoms with Crippen LogP contribution in [0.3, 0.4) is 0 Å². The predicted molar refractivity (Wildman–Crippen MR) is 74.8 cm³/mol. The fourth-order valence-electron chi connectivity index (χ4n) is 1.56. The zero-order chi connectivity index (χ0) is 17.1. The highest BCUT2D eigenvalue weighted by Crippen LogP contribution is 2.10. The van der Waals surface area contributed by atoms with Crippen LogP contribution in [0.15, 0.2) is 0 Å². The van der Waals surface area contributed by atoms with Gasteiger partial charge in [-0.05, 0) is 13.8 Å². The molecule has 0 N–H and O–H groups in total. The van der Waals surface area contributed by atoms with Gasteiger partial charge in [-0.1, -0.05) is 0 Å². The summed E-state index contributed by atoms with van der Waals surface area (Å²) in [5.74, 6) is -1.50. The Morgan fingerprint density at radius 3 is 1.91 bits per heavy atom. The molecular formula is C14H24O8. The Bertz CT molecular complexity index is 368. The maximum Gasteiger partial charge on any atom is 0.303 e. The Kier molecular flexibility index (Phi) is 10.1. The first kappa shape index (κ1) is 20.3. The zero-order valence-corrected chi connectivity index (χ0v) is 13.6. The maximum atomic E-state index is 11.1. The molecule has 3 atom stereocenters. The molecular weight excluding hydrogens is 296 g/mol. The first-order valence-electron chi connectivity index (χ1n) is 6.97. The molecule has 0 amide bonds. The van der Waals surface area contributed by atoms with Gasteiger partial charge in [0.1, 0.15) is 12.7 Å². The number of ether oxygens (including phenoxy) is 5. The minimum atomic E-state index is -0.939. The van der Waals surface area contributed by atoms with E-state index in [2.05, 4.69) is 0 Å². The van der Waals surface area contributed by atoms with Gasteiger partial charge in [-0.3, -0.25) is 14.4 Å². The molecule has 0 aromatic heterocycles. The first-order valence-corrected chi connectivity index (χ1v) is 6.97. The molecule has 1 unspecified atom stereocenters. The highest BCUT2D eigenvalue weighted by atomic mass is 16.7. The van der Waals surface area contributed by atoms with Crippen molar-refractivity contribution in [3.8, 4) is 0 Å². The fraction of sp³-hybridized carbons (Fsp3) is 0.786. The van der Waals surface area contributed by atoms with Gasteiger partial charge in [0, 0.05) is 27.4 Å². The minimum Gasteiger partial charge on any atom is -0.462 e. The third kappa shape index (κ3) is 10.1. The van der Waals surface area contributed by atoms with E-state index in [9.17, 15) is 14.4 Å². The van der Waals surface area contributed by atoms with Crippen molar-refractivity contribution < 1.29 is 38.1 Å². The first-order chi connectivity index (χ1) is 10.3. The summed E-state index contributed by atoms with van der Waals surface area (Å²) in [5, 5.41) is 0. The van der Waals surface area contributed by atoms with Gasteiger partial charge in [0.05, 0.1) is 6.61 Å². The number of rotatable bonds is 10. The van der Waals surface area contributed by atoms with E-state index in [0.717, 1.165) is 0 Å². The quantitative estimate of drug-likeness (QED) is 0.331. The summed E-state index contributed by atoms with van der Waals surface area (Å²) in [7, 11) is 0. The molecule has 0 aliphatic carbocycles. The average molecular weight is 320 g/mol. The Morgan fingerprint density at radius 2 is 1.45 bits per heavy atom. The van der Waals surface area contributed by atoms with Gasteiger partial charge in [-0.2, -0.15) is 0 Å². The molecule has 8 nitrogen and oxygen atoms in total. The van der Waals surface area contributed by atoms with E-state index < -0.39 is 36.4 Å². The lowest BCUT2D eigenvalue weighted by Gasteiger charge is -2.27. The standard InChI is InChI=1S/C14H24O8/c1-6-18-14(20-7-9(2)21-11(4)16)13(22-12(5)17)8-19-10(3)15/h9,13-14H,6-8H2,1-5H3/t9-,13-,14?/m0/s1. The van der Waals surface area contributed by atoms with Crippen LogP contribution < -0.4 is 0 Å². The van der Waals surface area contributed by atoms with Crippen LogP contribution in [0.1, 0.15) is 34.6 Å². The molecule has 0 radical (unpaired) electrons. The van der Waals surface area contributed by atoms with Crippen LogP contribution in [0.25, 0.3) is 0 Å². The van der Waals surface area contributed by atoms with Crippen LogP contribution in [0.5, 0.6) is 0 Å². The lowest BCUT2D eigenvalue weighted by atomic mass is 10.3. The molecule has 0 aromatic rings. The largest absolute Gasteiger partial charge is 0.462 e. The fourth-order valence-corrected chi connectivity index (χ4v) is 1.56.